The molecule has 0 bridgehead atoms. The van der Waals surface area contributed by atoms with Gasteiger partial charge in [-0.2, -0.15) is 0 Å². The molecule has 1 atom stereocenters. The van der Waals surface area contributed by atoms with E-state index in [9.17, 15) is 4.79 Å². The number of carbonyl (C=O) groups is 1. The molecular formula is C14H31Cl3N4O. The van der Waals surface area contributed by atoms with Crippen molar-refractivity contribution < 1.29 is 4.79 Å². The Kier molecular flexibility index (Phi) is 13.0. The lowest BCUT2D eigenvalue weighted by Gasteiger charge is -2.46. The van der Waals surface area contributed by atoms with Crippen molar-refractivity contribution in [3.63, 3.8) is 0 Å². The van der Waals surface area contributed by atoms with Gasteiger partial charge in [0.15, 0.2) is 0 Å². The molecule has 2 fully saturated rings. The zero-order valence-corrected chi connectivity index (χ0v) is 16.0. The molecule has 1 unspecified atom stereocenters. The van der Waals surface area contributed by atoms with Gasteiger partial charge in [-0.25, -0.2) is 0 Å². The Balaban J connectivity index is 0. The van der Waals surface area contributed by atoms with Gasteiger partial charge in [0.05, 0.1) is 6.54 Å². The van der Waals surface area contributed by atoms with Gasteiger partial charge in [0.1, 0.15) is 0 Å². The molecule has 22 heavy (non-hydrogen) atoms. The molecule has 0 spiro atoms. The molecule has 1 amide bonds. The normalized spacial score (nSPS) is 24.0. The molecule has 2 rings (SSSR count). The van der Waals surface area contributed by atoms with Gasteiger partial charge in [0.2, 0.25) is 5.91 Å². The van der Waals surface area contributed by atoms with Crippen molar-refractivity contribution in [2.75, 3.05) is 46.3 Å². The fourth-order valence-electron chi connectivity index (χ4n) is 3.37. The molecule has 2 N–H and O–H groups in total. The van der Waals surface area contributed by atoms with Crippen LogP contribution in [0.25, 0.3) is 0 Å². The van der Waals surface area contributed by atoms with Gasteiger partial charge in [-0.05, 0) is 39.4 Å². The molecule has 0 aliphatic carbocycles. The minimum atomic E-state index is 0. The number of nitrogens with two attached hydrogens (primary N) is 1. The Labute approximate surface area is 153 Å². The van der Waals surface area contributed by atoms with Gasteiger partial charge in [0, 0.05) is 31.7 Å². The van der Waals surface area contributed by atoms with Crippen molar-refractivity contribution in [1.82, 2.24) is 14.7 Å². The molecule has 5 nitrogen and oxygen atoms in total. The van der Waals surface area contributed by atoms with Crippen LogP contribution in [0.3, 0.4) is 0 Å². The fourth-order valence-corrected chi connectivity index (χ4v) is 3.37. The van der Waals surface area contributed by atoms with Gasteiger partial charge in [-0.15, -0.1) is 37.2 Å². The third-order valence-corrected chi connectivity index (χ3v) is 4.68. The van der Waals surface area contributed by atoms with Gasteiger partial charge in [0.25, 0.3) is 0 Å². The quantitative estimate of drug-likeness (QED) is 0.803. The number of nitrogens with zero attached hydrogens (tertiary/aromatic N) is 3. The maximum absolute atomic E-state index is 11.8. The molecular weight excluding hydrogens is 347 g/mol. The molecule has 0 aromatic rings. The van der Waals surface area contributed by atoms with E-state index in [0.717, 1.165) is 26.1 Å². The van der Waals surface area contributed by atoms with Crippen molar-refractivity contribution in [2.45, 2.75) is 38.3 Å². The third kappa shape index (κ3) is 6.02. The summed E-state index contributed by atoms with van der Waals surface area (Å²) in [6.45, 7) is 7.59. The maximum atomic E-state index is 11.8. The van der Waals surface area contributed by atoms with E-state index in [1.165, 1.54) is 25.9 Å². The summed E-state index contributed by atoms with van der Waals surface area (Å²) in [6, 6.07) is 1.06. The van der Waals surface area contributed by atoms with Gasteiger partial charge < -0.3 is 15.5 Å². The maximum Gasteiger partial charge on any atom is 0.236 e. The summed E-state index contributed by atoms with van der Waals surface area (Å²) in [4.78, 5) is 18.8. The summed E-state index contributed by atoms with van der Waals surface area (Å²) in [7, 11) is 2.20. The van der Waals surface area contributed by atoms with E-state index in [4.69, 9.17) is 5.73 Å². The lowest BCUT2D eigenvalue weighted by molar-refractivity contribution is -0.135. The summed E-state index contributed by atoms with van der Waals surface area (Å²) in [5, 5.41) is 0. The number of piperazine rings is 1. The lowest BCUT2D eigenvalue weighted by atomic mass is 10.00. The Bertz CT molecular complexity index is 314. The van der Waals surface area contributed by atoms with E-state index in [-0.39, 0.29) is 49.7 Å². The number of hydrogen-bond acceptors (Lipinski definition) is 4. The van der Waals surface area contributed by atoms with Crippen LogP contribution in [-0.4, -0.2) is 79.0 Å². The molecule has 0 radical (unpaired) electrons. The Morgan fingerprint density at radius 3 is 2.18 bits per heavy atom. The highest BCUT2D eigenvalue weighted by atomic mass is 35.5. The summed E-state index contributed by atoms with van der Waals surface area (Å²) in [5.41, 5.74) is 5.50. The smallest absolute Gasteiger partial charge is 0.236 e. The number of amides is 1. The first-order valence-corrected chi connectivity index (χ1v) is 7.57. The predicted octanol–water partition coefficient (Wildman–Crippen LogP) is 1.23. The van der Waals surface area contributed by atoms with E-state index >= 15 is 0 Å². The van der Waals surface area contributed by atoms with E-state index in [1.807, 2.05) is 4.90 Å². The van der Waals surface area contributed by atoms with Crippen LogP contribution in [0.1, 0.15) is 26.2 Å². The average molecular weight is 378 g/mol. The molecule has 0 saturated carbocycles. The van der Waals surface area contributed by atoms with Crippen molar-refractivity contribution >= 4 is 43.1 Å². The van der Waals surface area contributed by atoms with Crippen LogP contribution in [0.15, 0.2) is 0 Å². The Morgan fingerprint density at radius 1 is 1.09 bits per heavy atom. The highest BCUT2D eigenvalue weighted by molar-refractivity contribution is 5.86. The average Bonchev–Trinajstić information content (AvgIpc) is 2.46. The van der Waals surface area contributed by atoms with Crippen LogP contribution >= 0.6 is 37.2 Å². The molecule has 0 aromatic carbocycles. The summed E-state index contributed by atoms with van der Waals surface area (Å²) < 4.78 is 0. The standard InChI is InChI=1S/C14H28N4O.3ClH/c1-3-12-11-17(8-9-18(12)14(19)10-15)13-4-6-16(2)7-5-13;;;/h12-13H,3-11,15H2,1-2H3;3*1H. The van der Waals surface area contributed by atoms with Crippen LogP contribution in [0, 0.1) is 0 Å². The number of rotatable bonds is 3. The van der Waals surface area contributed by atoms with E-state index in [0.29, 0.717) is 12.1 Å². The van der Waals surface area contributed by atoms with Crippen molar-refractivity contribution in [3.05, 3.63) is 0 Å². The zero-order valence-electron chi connectivity index (χ0n) is 13.6. The second-order valence-corrected chi connectivity index (χ2v) is 5.88. The van der Waals surface area contributed by atoms with E-state index < -0.39 is 0 Å². The van der Waals surface area contributed by atoms with Crippen molar-refractivity contribution in [3.8, 4) is 0 Å². The number of hydrogen-bond donors (Lipinski definition) is 1. The van der Waals surface area contributed by atoms with E-state index in [1.54, 1.807) is 0 Å². The number of likely N-dealkylation sites (tertiary alicyclic amines) is 1. The summed E-state index contributed by atoms with van der Waals surface area (Å²) in [5.74, 6) is 0.106. The first-order chi connectivity index (χ1) is 9.15. The third-order valence-electron chi connectivity index (χ3n) is 4.68. The van der Waals surface area contributed by atoms with Crippen LogP contribution < -0.4 is 5.73 Å². The fraction of sp³-hybridized carbons (Fsp3) is 0.929. The highest BCUT2D eigenvalue weighted by Crippen LogP contribution is 2.21. The topological polar surface area (TPSA) is 52.8 Å². The first-order valence-electron chi connectivity index (χ1n) is 7.57. The number of carbonyl (C=O) groups excluding carboxylic acids is 1. The molecule has 2 saturated heterocycles. The lowest BCUT2D eigenvalue weighted by Crippen LogP contribution is -2.59. The van der Waals surface area contributed by atoms with Gasteiger partial charge in [-0.1, -0.05) is 6.92 Å². The molecule has 134 valence electrons. The minimum absolute atomic E-state index is 0. The molecule has 8 heteroatoms. The number of halogens is 3. The van der Waals surface area contributed by atoms with Crippen LogP contribution in [0.4, 0.5) is 0 Å². The molecule has 0 aromatic heterocycles. The SMILES string of the molecule is CCC1CN(C2CCN(C)CC2)CCN1C(=O)CN.Cl.Cl.Cl. The monoisotopic (exact) mass is 376 g/mol. The first kappa shape index (κ1) is 24.5. The number of piperidine rings is 1. The Morgan fingerprint density at radius 2 is 1.68 bits per heavy atom. The van der Waals surface area contributed by atoms with E-state index in [2.05, 4.69) is 23.8 Å². The van der Waals surface area contributed by atoms with Crippen LogP contribution in [0.5, 0.6) is 0 Å². The highest BCUT2D eigenvalue weighted by Gasteiger charge is 2.32. The molecule has 2 aliphatic rings. The second-order valence-electron chi connectivity index (χ2n) is 5.88. The van der Waals surface area contributed by atoms with Crippen molar-refractivity contribution in [1.29, 1.82) is 0 Å². The van der Waals surface area contributed by atoms with Crippen molar-refractivity contribution in [2.24, 2.45) is 5.73 Å². The largest absolute Gasteiger partial charge is 0.336 e. The minimum Gasteiger partial charge on any atom is -0.336 e. The second kappa shape index (κ2) is 11.7. The predicted molar refractivity (Wildman–Crippen MR) is 98.7 cm³/mol. The van der Waals surface area contributed by atoms with Gasteiger partial charge in [-0.3, -0.25) is 9.69 Å². The molecule has 2 aliphatic heterocycles. The van der Waals surface area contributed by atoms with Crippen LogP contribution in [-0.2, 0) is 4.79 Å². The Hall–Kier alpha value is 0.220. The zero-order chi connectivity index (χ0) is 13.8. The van der Waals surface area contributed by atoms with Gasteiger partial charge >= 0.3 is 0 Å². The summed E-state index contributed by atoms with van der Waals surface area (Å²) >= 11 is 0. The van der Waals surface area contributed by atoms with Crippen LogP contribution in [0.2, 0.25) is 0 Å². The molecule has 2 heterocycles. The summed E-state index contributed by atoms with van der Waals surface area (Å²) in [6.07, 6.45) is 3.55.